The van der Waals surface area contributed by atoms with Crippen molar-refractivity contribution in [2.75, 3.05) is 25.1 Å². The van der Waals surface area contributed by atoms with Crippen molar-refractivity contribution in [2.45, 2.75) is 51.7 Å². The quantitative estimate of drug-likeness (QED) is 0.578. The molecule has 1 aromatic carbocycles. The number of carbonyl (C=O) groups excluding carboxylic acids is 1. The Hall–Kier alpha value is -3.42. The summed E-state index contributed by atoms with van der Waals surface area (Å²) in [4.78, 5) is 27.3. The molecule has 1 unspecified atom stereocenters. The van der Waals surface area contributed by atoms with Crippen LogP contribution in [0.4, 0.5) is 5.82 Å². The fourth-order valence-electron chi connectivity index (χ4n) is 5.01. The first kappa shape index (κ1) is 21.4. The summed E-state index contributed by atoms with van der Waals surface area (Å²) in [5.74, 6) is 2.71. The predicted octanol–water partition coefficient (Wildman–Crippen LogP) is 3.31. The Morgan fingerprint density at radius 2 is 2.03 bits per heavy atom. The first-order valence-corrected chi connectivity index (χ1v) is 11.6. The summed E-state index contributed by atoms with van der Waals surface area (Å²) in [6, 6.07) is 9.88. The molecule has 8 heteroatoms. The summed E-state index contributed by atoms with van der Waals surface area (Å²) >= 11 is 0. The zero-order valence-corrected chi connectivity index (χ0v) is 19.3. The highest BCUT2D eigenvalue weighted by Crippen LogP contribution is 2.35. The summed E-state index contributed by atoms with van der Waals surface area (Å²) in [7, 11) is 1.71. The van der Waals surface area contributed by atoms with Crippen LogP contribution in [0.1, 0.15) is 47.9 Å². The summed E-state index contributed by atoms with van der Waals surface area (Å²) in [5, 5.41) is 4.18. The molecule has 2 aliphatic heterocycles. The number of aromatic nitrogens is 4. The Kier molecular flexibility index (Phi) is 5.98. The number of ether oxygens (including phenoxy) is 1. The van der Waals surface area contributed by atoms with Crippen LogP contribution < -0.4 is 9.64 Å². The van der Waals surface area contributed by atoms with E-state index in [0.717, 1.165) is 74.0 Å². The summed E-state index contributed by atoms with van der Waals surface area (Å²) < 4.78 is 7.25. The van der Waals surface area contributed by atoms with Crippen LogP contribution in [-0.2, 0) is 24.3 Å². The van der Waals surface area contributed by atoms with Crippen LogP contribution in [0.3, 0.4) is 0 Å². The molecule has 172 valence electrons. The number of rotatable bonds is 6. The number of methoxy groups -OCH3 is 1. The molecule has 5 rings (SSSR count). The average Bonchev–Trinajstić information content (AvgIpc) is 3.52. The lowest BCUT2D eigenvalue weighted by Crippen LogP contribution is -2.36. The van der Waals surface area contributed by atoms with Crippen molar-refractivity contribution < 1.29 is 9.53 Å². The smallest absolute Gasteiger partial charge is 0.244 e. The number of benzene rings is 1. The van der Waals surface area contributed by atoms with Gasteiger partial charge in [-0.2, -0.15) is 5.10 Å². The van der Waals surface area contributed by atoms with Crippen LogP contribution in [0.25, 0.3) is 0 Å². The topological polar surface area (TPSA) is 76.4 Å². The Balaban J connectivity index is 1.43. The zero-order chi connectivity index (χ0) is 22.8. The SMILES string of the molecule is COc1ccccc1CN1CCCc2c(C)nc(C3CCCN3C(=O)Cn3cccn3)nc21. The Morgan fingerprint density at radius 1 is 1.15 bits per heavy atom. The van der Waals surface area contributed by atoms with Gasteiger partial charge in [0.25, 0.3) is 0 Å². The minimum atomic E-state index is -0.0906. The van der Waals surface area contributed by atoms with Gasteiger partial charge in [0.2, 0.25) is 5.91 Å². The number of nitrogens with zero attached hydrogens (tertiary/aromatic N) is 6. The molecule has 0 aliphatic carbocycles. The van der Waals surface area contributed by atoms with Gasteiger partial charge in [-0.1, -0.05) is 18.2 Å². The highest BCUT2D eigenvalue weighted by atomic mass is 16.5. The monoisotopic (exact) mass is 446 g/mol. The van der Waals surface area contributed by atoms with Gasteiger partial charge in [-0.05, 0) is 44.7 Å². The van der Waals surface area contributed by atoms with Gasteiger partial charge in [-0.15, -0.1) is 0 Å². The van der Waals surface area contributed by atoms with E-state index in [-0.39, 0.29) is 18.5 Å². The molecule has 1 amide bonds. The Morgan fingerprint density at radius 3 is 2.85 bits per heavy atom. The number of hydrogen-bond donors (Lipinski definition) is 0. The number of anilines is 1. The Bertz CT molecular complexity index is 1130. The highest BCUT2D eigenvalue weighted by Gasteiger charge is 2.34. The maximum Gasteiger partial charge on any atom is 0.244 e. The van der Waals surface area contributed by atoms with E-state index < -0.39 is 0 Å². The van der Waals surface area contributed by atoms with E-state index in [4.69, 9.17) is 14.7 Å². The lowest BCUT2D eigenvalue weighted by atomic mass is 10.0. The van der Waals surface area contributed by atoms with Crippen LogP contribution in [0, 0.1) is 6.92 Å². The second kappa shape index (κ2) is 9.21. The molecule has 2 aromatic heterocycles. The first-order chi connectivity index (χ1) is 16.1. The number of aryl methyl sites for hydroxylation is 1. The fourth-order valence-corrected chi connectivity index (χ4v) is 5.01. The minimum Gasteiger partial charge on any atom is -0.496 e. The van der Waals surface area contributed by atoms with Crippen molar-refractivity contribution in [1.82, 2.24) is 24.6 Å². The lowest BCUT2D eigenvalue weighted by molar-refractivity contribution is -0.133. The van der Waals surface area contributed by atoms with Crippen molar-refractivity contribution >= 4 is 11.7 Å². The normalized spacial score (nSPS) is 17.8. The van der Waals surface area contributed by atoms with E-state index in [1.54, 1.807) is 18.0 Å². The van der Waals surface area contributed by atoms with E-state index in [0.29, 0.717) is 0 Å². The van der Waals surface area contributed by atoms with E-state index in [1.807, 2.05) is 35.4 Å². The number of hydrogen-bond acceptors (Lipinski definition) is 6. The Labute approximate surface area is 194 Å². The predicted molar refractivity (Wildman–Crippen MR) is 125 cm³/mol. The van der Waals surface area contributed by atoms with Crippen molar-refractivity contribution in [3.63, 3.8) is 0 Å². The summed E-state index contributed by atoms with van der Waals surface area (Å²) in [6.45, 7) is 4.72. The number of fused-ring (bicyclic) bond motifs is 1. The largest absolute Gasteiger partial charge is 0.496 e. The highest BCUT2D eigenvalue weighted by molar-refractivity contribution is 5.76. The molecule has 0 spiro atoms. The molecule has 1 saturated heterocycles. The molecule has 4 heterocycles. The van der Waals surface area contributed by atoms with Crippen LogP contribution in [0.2, 0.25) is 0 Å². The number of likely N-dealkylation sites (tertiary alicyclic amines) is 1. The third-order valence-corrected chi connectivity index (χ3v) is 6.65. The molecular weight excluding hydrogens is 416 g/mol. The van der Waals surface area contributed by atoms with Crippen molar-refractivity contribution in [3.05, 3.63) is 65.4 Å². The molecule has 1 atom stereocenters. The molecule has 33 heavy (non-hydrogen) atoms. The van der Waals surface area contributed by atoms with Gasteiger partial charge in [0, 0.05) is 48.8 Å². The number of carbonyl (C=O) groups is 1. The van der Waals surface area contributed by atoms with Crippen LogP contribution in [0.5, 0.6) is 5.75 Å². The van der Waals surface area contributed by atoms with Gasteiger partial charge in [-0.25, -0.2) is 9.97 Å². The van der Waals surface area contributed by atoms with Gasteiger partial charge in [0.1, 0.15) is 18.1 Å². The van der Waals surface area contributed by atoms with Crippen LogP contribution in [0.15, 0.2) is 42.7 Å². The van der Waals surface area contributed by atoms with E-state index in [2.05, 4.69) is 23.0 Å². The third-order valence-electron chi connectivity index (χ3n) is 6.65. The van der Waals surface area contributed by atoms with Gasteiger partial charge < -0.3 is 14.5 Å². The molecule has 0 bridgehead atoms. The summed E-state index contributed by atoms with van der Waals surface area (Å²) in [5.41, 5.74) is 3.38. The molecule has 8 nitrogen and oxygen atoms in total. The average molecular weight is 447 g/mol. The van der Waals surface area contributed by atoms with E-state index in [1.165, 1.54) is 5.56 Å². The molecular formula is C25H30N6O2. The number of amides is 1. The van der Waals surface area contributed by atoms with Crippen LogP contribution >= 0.6 is 0 Å². The van der Waals surface area contributed by atoms with Gasteiger partial charge >= 0.3 is 0 Å². The van der Waals surface area contributed by atoms with Crippen molar-refractivity contribution in [2.24, 2.45) is 0 Å². The second-order valence-electron chi connectivity index (χ2n) is 8.76. The molecule has 0 N–H and O–H groups in total. The van der Waals surface area contributed by atoms with Gasteiger partial charge in [0.05, 0.1) is 13.2 Å². The van der Waals surface area contributed by atoms with E-state index >= 15 is 0 Å². The maximum absolute atomic E-state index is 13.0. The van der Waals surface area contributed by atoms with Crippen molar-refractivity contribution in [3.8, 4) is 5.75 Å². The first-order valence-electron chi connectivity index (χ1n) is 11.6. The standard InChI is InChI=1S/C25H30N6O2/c1-18-20-9-5-13-29(16-19-8-3-4-11-22(19)33-2)25(20)28-24(27-18)21-10-6-15-31(21)23(32)17-30-14-7-12-26-30/h3-4,7-8,11-12,14,21H,5-6,9-10,13,15-17H2,1-2H3. The second-order valence-corrected chi connectivity index (χ2v) is 8.76. The van der Waals surface area contributed by atoms with E-state index in [9.17, 15) is 4.79 Å². The number of para-hydroxylation sites is 1. The lowest BCUT2D eigenvalue weighted by Gasteiger charge is -2.33. The fraction of sp³-hybridized carbons (Fsp3) is 0.440. The molecule has 3 aromatic rings. The van der Waals surface area contributed by atoms with Crippen LogP contribution in [-0.4, -0.2) is 50.8 Å². The molecule has 0 saturated carbocycles. The van der Waals surface area contributed by atoms with Crippen molar-refractivity contribution in [1.29, 1.82) is 0 Å². The molecule has 2 aliphatic rings. The summed E-state index contributed by atoms with van der Waals surface area (Å²) in [6.07, 6.45) is 7.41. The zero-order valence-electron chi connectivity index (χ0n) is 19.3. The molecule has 1 fully saturated rings. The van der Waals surface area contributed by atoms with Gasteiger partial charge in [-0.3, -0.25) is 9.48 Å². The van der Waals surface area contributed by atoms with Gasteiger partial charge in [0.15, 0.2) is 5.82 Å². The molecule has 0 radical (unpaired) electrons. The minimum absolute atomic E-state index is 0.0612. The third kappa shape index (κ3) is 4.29. The maximum atomic E-state index is 13.0.